The minimum absolute atomic E-state index is 0.124. The van der Waals surface area contributed by atoms with E-state index in [0.29, 0.717) is 63.5 Å². The van der Waals surface area contributed by atoms with Gasteiger partial charge in [0.15, 0.2) is 0 Å². The first kappa shape index (κ1) is 32.0. The van der Waals surface area contributed by atoms with Crippen molar-refractivity contribution in [2.24, 2.45) is 17.8 Å². The number of fused-ring (bicyclic) bond motifs is 4. The predicted molar refractivity (Wildman–Crippen MR) is 179 cm³/mol. The fourth-order valence-electron chi connectivity index (χ4n) is 8.50. The molecule has 1 saturated carbocycles. The number of benzene rings is 2. The van der Waals surface area contributed by atoms with Crippen molar-refractivity contribution in [3.8, 4) is 5.75 Å². The van der Waals surface area contributed by atoms with Gasteiger partial charge in [-0.2, -0.15) is 0 Å². The van der Waals surface area contributed by atoms with Crippen LogP contribution in [0.1, 0.15) is 79.3 Å². The number of nitrogens with one attached hydrogen (secondary N) is 1. The van der Waals surface area contributed by atoms with E-state index in [9.17, 15) is 18.3 Å². The molecule has 5 aliphatic rings. The van der Waals surface area contributed by atoms with Crippen molar-refractivity contribution in [3.05, 3.63) is 70.3 Å². The zero-order valence-electron chi connectivity index (χ0n) is 26.3. The zero-order chi connectivity index (χ0) is 31.9. The molecule has 46 heavy (non-hydrogen) atoms. The zero-order valence-corrected chi connectivity index (χ0v) is 27.9. The van der Waals surface area contributed by atoms with Crippen LogP contribution in [0.4, 0.5) is 5.69 Å². The summed E-state index contributed by atoms with van der Waals surface area (Å²) in [4.78, 5) is 16.0. The molecular formula is C36H45ClN2O6S. The van der Waals surface area contributed by atoms with Crippen molar-refractivity contribution >= 4 is 33.2 Å². The summed E-state index contributed by atoms with van der Waals surface area (Å²) in [7, 11) is -3.96. The van der Waals surface area contributed by atoms with Crippen LogP contribution in [0.2, 0.25) is 5.02 Å². The Balaban J connectivity index is 1.25. The number of anilines is 1. The molecule has 5 atom stereocenters. The van der Waals surface area contributed by atoms with Crippen molar-refractivity contribution in [2.45, 2.75) is 81.0 Å². The number of amides is 1. The van der Waals surface area contributed by atoms with Crippen molar-refractivity contribution in [3.63, 3.8) is 0 Å². The maximum absolute atomic E-state index is 13.8. The second kappa shape index (κ2) is 13.1. The molecule has 2 aromatic carbocycles. The van der Waals surface area contributed by atoms with Gasteiger partial charge in [0.25, 0.3) is 5.91 Å². The molecule has 1 saturated heterocycles. The second-order valence-corrected chi connectivity index (χ2v) is 16.6. The molecule has 8 nitrogen and oxygen atoms in total. The van der Waals surface area contributed by atoms with Gasteiger partial charge in [-0.25, -0.2) is 13.1 Å². The Morgan fingerprint density at radius 2 is 1.91 bits per heavy atom. The van der Waals surface area contributed by atoms with Crippen LogP contribution in [0.5, 0.6) is 5.75 Å². The van der Waals surface area contributed by atoms with Gasteiger partial charge in [0.05, 0.1) is 23.6 Å². The highest BCUT2D eigenvalue weighted by Crippen LogP contribution is 2.47. The summed E-state index contributed by atoms with van der Waals surface area (Å²) < 4.78 is 42.0. The standard InChI is InChI=1S/C36H45ClN2O6S/c37-28-9-11-31-25(19-28)4-3-15-36(31)22-39-21-27-7-10-30(27)33(40)6-2-1-5-29(18-24-13-16-44-17-14-24)46(42,43)38-35(41)26-8-12-34(45-23-36)32(39)20-26/h2,6,8-9,11-12,19-20,24,27,29-30,33,40H,1,3-5,7,10,13-18,21-23H2,(H,38,41)/b6-2-/t27-,29-,30+,33-,36-/m0/s1. The van der Waals surface area contributed by atoms with Crippen molar-refractivity contribution < 1.29 is 27.8 Å². The molecule has 10 heteroatoms. The van der Waals surface area contributed by atoms with Crippen LogP contribution in [0, 0.1) is 17.8 Å². The molecule has 0 aromatic heterocycles. The minimum Gasteiger partial charge on any atom is -0.490 e. The summed E-state index contributed by atoms with van der Waals surface area (Å²) in [5.74, 6) is 0.706. The van der Waals surface area contributed by atoms with E-state index in [1.165, 1.54) is 11.1 Å². The molecule has 0 unspecified atom stereocenters. The number of sulfonamides is 1. The number of rotatable bonds is 2. The van der Waals surface area contributed by atoms with Gasteiger partial charge in [-0.3, -0.25) is 4.79 Å². The molecule has 3 heterocycles. The Bertz CT molecular complexity index is 1590. The summed E-state index contributed by atoms with van der Waals surface area (Å²) in [5.41, 5.74) is 3.34. The summed E-state index contributed by atoms with van der Waals surface area (Å²) in [6.07, 6.45) is 11.2. The fraction of sp³-hybridized carbons (Fsp3) is 0.583. The highest BCUT2D eigenvalue weighted by molar-refractivity contribution is 7.90. The number of aryl methyl sites for hydroxylation is 1. The van der Waals surface area contributed by atoms with Gasteiger partial charge >= 0.3 is 0 Å². The number of carbonyl (C=O) groups is 1. The van der Waals surface area contributed by atoms with E-state index >= 15 is 0 Å². The van der Waals surface area contributed by atoms with E-state index in [1.807, 2.05) is 24.3 Å². The number of hydrogen-bond acceptors (Lipinski definition) is 7. The van der Waals surface area contributed by atoms with E-state index in [1.54, 1.807) is 12.1 Å². The maximum Gasteiger partial charge on any atom is 0.264 e. The lowest BCUT2D eigenvalue weighted by Gasteiger charge is -2.45. The molecule has 7 rings (SSSR count). The van der Waals surface area contributed by atoms with Crippen LogP contribution in [0.25, 0.3) is 0 Å². The molecule has 2 aliphatic carbocycles. The van der Waals surface area contributed by atoms with Crippen LogP contribution >= 0.6 is 11.6 Å². The molecular weight excluding hydrogens is 624 g/mol. The summed E-state index contributed by atoms with van der Waals surface area (Å²) in [5, 5.41) is 11.3. The molecule has 3 aliphatic heterocycles. The van der Waals surface area contributed by atoms with Crippen LogP contribution < -0.4 is 14.4 Å². The molecule has 248 valence electrons. The van der Waals surface area contributed by atoms with Crippen LogP contribution in [-0.2, 0) is 26.6 Å². The Morgan fingerprint density at radius 1 is 1.07 bits per heavy atom. The molecule has 2 fully saturated rings. The van der Waals surface area contributed by atoms with Gasteiger partial charge in [0, 0.05) is 42.3 Å². The number of aliphatic hydroxyl groups excluding tert-OH is 1. The first-order chi connectivity index (χ1) is 22.2. The Hall–Kier alpha value is -2.59. The number of allylic oxidation sites excluding steroid dienone is 1. The number of ether oxygens (including phenoxy) is 2. The molecule has 0 radical (unpaired) electrons. The average molecular weight is 669 g/mol. The Morgan fingerprint density at radius 3 is 2.72 bits per heavy atom. The summed E-state index contributed by atoms with van der Waals surface area (Å²) in [6.45, 7) is 3.17. The van der Waals surface area contributed by atoms with Crippen molar-refractivity contribution in [2.75, 3.05) is 37.8 Å². The maximum atomic E-state index is 13.8. The predicted octanol–water partition coefficient (Wildman–Crippen LogP) is 5.80. The highest BCUT2D eigenvalue weighted by Gasteiger charge is 2.44. The van der Waals surface area contributed by atoms with Gasteiger partial charge in [0.1, 0.15) is 5.75 Å². The van der Waals surface area contributed by atoms with E-state index in [2.05, 4.69) is 21.8 Å². The van der Waals surface area contributed by atoms with E-state index < -0.39 is 27.3 Å². The molecule has 1 spiro atoms. The molecule has 2 N–H and O–H groups in total. The number of carbonyl (C=O) groups excluding carboxylic acids is 1. The smallest absolute Gasteiger partial charge is 0.264 e. The number of halogens is 1. The second-order valence-electron chi connectivity index (χ2n) is 14.2. The Labute approximate surface area is 277 Å². The minimum atomic E-state index is -3.96. The lowest BCUT2D eigenvalue weighted by molar-refractivity contribution is 0.0456. The third-order valence-corrected chi connectivity index (χ3v) is 13.3. The number of hydrogen-bond donors (Lipinski definition) is 2. The molecule has 2 aromatic rings. The quantitative estimate of drug-likeness (QED) is 0.390. The van der Waals surface area contributed by atoms with Gasteiger partial charge in [-0.1, -0.05) is 29.8 Å². The normalized spacial score (nSPS) is 32.2. The van der Waals surface area contributed by atoms with Gasteiger partial charge in [0.2, 0.25) is 10.0 Å². The third kappa shape index (κ3) is 6.45. The van der Waals surface area contributed by atoms with Crippen LogP contribution in [0.15, 0.2) is 48.6 Å². The van der Waals surface area contributed by atoms with Crippen LogP contribution in [-0.4, -0.2) is 63.7 Å². The van der Waals surface area contributed by atoms with Crippen molar-refractivity contribution in [1.82, 2.24) is 4.72 Å². The average Bonchev–Trinajstić information content (AvgIpc) is 3.17. The summed E-state index contributed by atoms with van der Waals surface area (Å²) >= 11 is 6.41. The topological polar surface area (TPSA) is 105 Å². The first-order valence-electron chi connectivity index (χ1n) is 17.0. The van der Waals surface area contributed by atoms with Gasteiger partial charge < -0.3 is 19.5 Å². The third-order valence-electron chi connectivity index (χ3n) is 11.3. The Kier molecular flexibility index (Phi) is 9.13. The van der Waals surface area contributed by atoms with Crippen molar-refractivity contribution in [1.29, 1.82) is 0 Å². The molecule has 2 bridgehead atoms. The lowest BCUT2D eigenvalue weighted by Crippen LogP contribution is -2.49. The van der Waals surface area contributed by atoms with Gasteiger partial charge in [-0.15, -0.1) is 0 Å². The van der Waals surface area contributed by atoms with Crippen LogP contribution in [0.3, 0.4) is 0 Å². The van der Waals surface area contributed by atoms with Gasteiger partial charge in [-0.05, 0) is 123 Å². The first-order valence-corrected chi connectivity index (χ1v) is 18.9. The number of aliphatic hydroxyl groups is 1. The molecule has 1 amide bonds. The van der Waals surface area contributed by atoms with E-state index in [0.717, 1.165) is 55.7 Å². The largest absolute Gasteiger partial charge is 0.490 e. The monoisotopic (exact) mass is 668 g/mol. The SMILES string of the molecule is O=C1NS(=O)(=O)[C@H](CC2CCOCC2)CC/C=C\[C@H](O)[C@@H]2CC[C@H]2CN2C[C@@]3(CCCc4cc(Cl)ccc43)COc3ccc1cc32. The van der Waals surface area contributed by atoms with E-state index in [-0.39, 0.29) is 23.2 Å². The fourth-order valence-corrected chi connectivity index (χ4v) is 10.2. The number of nitrogens with zero attached hydrogens (tertiary/aromatic N) is 1. The summed E-state index contributed by atoms with van der Waals surface area (Å²) in [6, 6.07) is 11.5. The highest BCUT2D eigenvalue weighted by atomic mass is 35.5. The lowest BCUT2D eigenvalue weighted by atomic mass is 9.68. The van der Waals surface area contributed by atoms with E-state index in [4.69, 9.17) is 21.1 Å².